The van der Waals surface area contributed by atoms with Gasteiger partial charge in [0.25, 0.3) is 0 Å². The maximum atomic E-state index is 12.9. The summed E-state index contributed by atoms with van der Waals surface area (Å²) in [4.78, 5) is 27.1. The van der Waals surface area contributed by atoms with Crippen LogP contribution < -0.4 is 10.2 Å². The van der Waals surface area contributed by atoms with Crippen molar-refractivity contribution >= 4 is 33.2 Å². The number of anilines is 2. The highest BCUT2D eigenvalue weighted by atomic mass is 32.2. The minimum atomic E-state index is -3.62. The molecule has 2 aromatic carbocycles. The average Bonchev–Trinajstić information content (AvgIpc) is 3.21. The summed E-state index contributed by atoms with van der Waals surface area (Å²) >= 11 is 0. The minimum absolute atomic E-state index is 0.0978. The summed E-state index contributed by atoms with van der Waals surface area (Å²) in [6, 6.07) is 13.9. The van der Waals surface area contributed by atoms with Crippen LogP contribution in [0.2, 0.25) is 0 Å². The third-order valence-electron chi connectivity index (χ3n) is 5.98. The highest BCUT2D eigenvalue weighted by molar-refractivity contribution is 7.89. The third kappa shape index (κ3) is 4.50. The van der Waals surface area contributed by atoms with Crippen LogP contribution in [0.1, 0.15) is 31.2 Å². The number of sulfonamides is 1. The number of carbonyl (C=O) groups is 2. The zero-order chi connectivity index (χ0) is 22.0. The lowest BCUT2D eigenvalue weighted by Crippen LogP contribution is -2.43. The van der Waals surface area contributed by atoms with Crippen molar-refractivity contribution in [1.29, 1.82) is 0 Å². The molecule has 0 bridgehead atoms. The molecule has 2 aliphatic heterocycles. The van der Waals surface area contributed by atoms with E-state index in [1.165, 1.54) is 4.31 Å². The SMILES string of the molecule is Cc1ccc(NC(=O)[C@@H]2CCCN(S(=O)(=O)c3ccccc3)C2)cc1N1CCCC1=O. The van der Waals surface area contributed by atoms with Gasteiger partial charge in [-0.05, 0) is 56.0 Å². The number of piperidine rings is 1. The molecule has 4 rings (SSSR count). The number of hydrogen-bond acceptors (Lipinski definition) is 4. The number of nitrogens with zero attached hydrogens (tertiary/aromatic N) is 2. The van der Waals surface area contributed by atoms with Gasteiger partial charge in [-0.15, -0.1) is 0 Å². The predicted octanol–water partition coefficient (Wildman–Crippen LogP) is 3.16. The molecule has 2 amide bonds. The van der Waals surface area contributed by atoms with Crippen LogP contribution in [0.15, 0.2) is 53.4 Å². The normalized spacial score (nSPS) is 20.1. The number of hydrogen-bond donors (Lipinski definition) is 1. The predicted molar refractivity (Wildman–Crippen MR) is 119 cm³/mol. The summed E-state index contributed by atoms with van der Waals surface area (Å²) in [5.74, 6) is -0.526. The van der Waals surface area contributed by atoms with Crippen LogP contribution in [0.3, 0.4) is 0 Å². The lowest BCUT2D eigenvalue weighted by atomic mass is 9.98. The maximum absolute atomic E-state index is 12.9. The second kappa shape index (κ2) is 8.80. The van der Waals surface area contributed by atoms with E-state index in [1.807, 2.05) is 25.1 Å². The van der Waals surface area contributed by atoms with Crippen molar-refractivity contribution < 1.29 is 18.0 Å². The van der Waals surface area contributed by atoms with Crippen molar-refractivity contribution in [3.8, 4) is 0 Å². The summed E-state index contributed by atoms with van der Waals surface area (Å²) in [7, 11) is -3.62. The monoisotopic (exact) mass is 441 g/mol. The van der Waals surface area contributed by atoms with E-state index in [0.29, 0.717) is 38.0 Å². The first kappa shape index (κ1) is 21.5. The molecule has 1 atom stereocenters. The van der Waals surface area contributed by atoms with Gasteiger partial charge < -0.3 is 10.2 Å². The summed E-state index contributed by atoms with van der Waals surface area (Å²) in [5.41, 5.74) is 2.41. The molecule has 2 aromatic rings. The van der Waals surface area contributed by atoms with Gasteiger partial charge >= 0.3 is 0 Å². The molecule has 0 saturated carbocycles. The van der Waals surface area contributed by atoms with Gasteiger partial charge in [0.1, 0.15) is 0 Å². The van der Waals surface area contributed by atoms with E-state index >= 15 is 0 Å². The summed E-state index contributed by atoms with van der Waals surface area (Å²) in [6.45, 7) is 3.20. The third-order valence-corrected chi connectivity index (χ3v) is 7.86. The Labute approximate surface area is 183 Å². The maximum Gasteiger partial charge on any atom is 0.243 e. The molecule has 0 aromatic heterocycles. The van der Waals surface area contributed by atoms with Crippen molar-refractivity contribution in [3.63, 3.8) is 0 Å². The topological polar surface area (TPSA) is 86.8 Å². The fraction of sp³-hybridized carbons (Fsp3) is 0.391. The molecule has 2 heterocycles. The van der Waals surface area contributed by atoms with Crippen molar-refractivity contribution in [2.45, 2.75) is 37.5 Å². The quantitative estimate of drug-likeness (QED) is 0.772. The Morgan fingerprint density at radius 1 is 1.06 bits per heavy atom. The van der Waals surface area contributed by atoms with Gasteiger partial charge in [-0.2, -0.15) is 4.31 Å². The first-order valence-corrected chi connectivity index (χ1v) is 12.1. The first-order valence-electron chi connectivity index (χ1n) is 10.6. The van der Waals surface area contributed by atoms with Gasteiger partial charge in [-0.1, -0.05) is 24.3 Å². The lowest BCUT2D eigenvalue weighted by molar-refractivity contribution is -0.121. The fourth-order valence-electron chi connectivity index (χ4n) is 4.24. The molecule has 0 spiro atoms. The molecular formula is C23H27N3O4S. The highest BCUT2D eigenvalue weighted by Gasteiger charge is 2.33. The number of nitrogens with one attached hydrogen (secondary N) is 1. The summed E-state index contributed by atoms with van der Waals surface area (Å²) in [6.07, 6.45) is 2.65. The Bertz CT molecular complexity index is 1090. The van der Waals surface area contributed by atoms with Crippen LogP contribution in [0, 0.1) is 12.8 Å². The Morgan fingerprint density at radius 2 is 1.84 bits per heavy atom. The van der Waals surface area contributed by atoms with E-state index in [0.717, 1.165) is 17.7 Å². The Morgan fingerprint density at radius 3 is 2.55 bits per heavy atom. The minimum Gasteiger partial charge on any atom is -0.326 e. The Hall–Kier alpha value is -2.71. The van der Waals surface area contributed by atoms with Crippen molar-refractivity contribution in [2.75, 3.05) is 29.9 Å². The molecule has 0 radical (unpaired) electrons. The molecule has 164 valence electrons. The van der Waals surface area contributed by atoms with Crippen molar-refractivity contribution in [3.05, 3.63) is 54.1 Å². The van der Waals surface area contributed by atoms with Gasteiger partial charge in [0.05, 0.1) is 10.8 Å². The van der Waals surface area contributed by atoms with Crippen LogP contribution in [-0.4, -0.2) is 44.2 Å². The molecule has 8 heteroatoms. The molecule has 31 heavy (non-hydrogen) atoms. The fourth-order valence-corrected chi connectivity index (χ4v) is 5.79. The Balaban J connectivity index is 1.47. The van der Waals surface area contributed by atoms with E-state index in [9.17, 15) is 18.0 Å². The van der Waals surface area contributed by atoms with E-state index < -0.39 is 15.9 Å². The molecular weight excluding hydrogens is 414 g/mol. The molecule has 0 aliphatic carbocycles. The standard InChI is InChI=1S/C23H27N3O4S/c1-17-11-12-19(15-21(17)26-14-6-10-22(26)27)24-23(28)18-7-5-13-25(16-18)31(29,30)20-8-3-2-4-9-20/h2-4,8-9,11-12,15,18H,5-7,10,13-14,16H2,1H3,(H,24,28)/t18-/m1/s1. The summed E-state index contributed by atoms with van der Waals surface area (Å²) in [5, 5.41) is 2.93. The zero-order valence-corrected chi connectivity index (χ0v) is 18.4. The van der Waals surface area contributed by atoms with E-state index in [-0.39, 0.29) is 23.3 Å². The first-order chi connectivity index (χ1) is 14.9. The van der Waals surface area contributed by atoms with Gasteiger partial charge in [0.15, 0.2) is 0 Å². The largest absolute Gasteiger partial charge is 0.326 e. The zero-order valence-electron chi connectivity index (χ0n) is 17.6. The van der Waals surface area contributed by atoms with Crippen LogP contribution >= 0.6 is 0 Å². The van der Waals surface area contributed by atoms with Crippen LogP contribution in [0.25, 0.3) is 0 Å². The molecule has 0 unspecified atom stereocenters. The number of aryl methyl sites for hydroxylation is 1. The second-order valence-electron chi connectivity index (χ2n) is 8.15. The molecule has 2 fully saturated rings. The number of amides is 2. The highest BCUT2D eigenvalue weighted by Crippen LogP contribution is 2.29. The van der Waals surface area contributed by atoms with Gasteiger partial charge in [-0.3, -0.25) is 9.59 Å². The number of carbonyl (C=O) groups excluding carboxylic acids is 2. The number of rotatable bonds is 5. The molecule has 2 saturated heterocycles. The average molecular weight is 442 g/mol. The van der Waals surface area contributed by atoms with Crippen LogP contribution in [-0.2, 0) is 19.6 Å². The van der Waals surface area contributed by atoms with E-state index in [4.69, 9.17) is 0 Å². The van der Waals surface area contributed by atoms with Gasteiger partial charge in [0.2, 0.25) is 21.8 Å². The second-order valence-corrected chi connectivity index (χ2v) is 10.1. The van der Waals surface area contributed by atoms with Crippen molar-refractivity contribution in [1.82, 2.24) is 4.31 Å². The lowest BCUT2D eigenvalue weighted by Gasteiger charge is -2.31. The van der Waals surface area contributed by atoms with E-state index in [1.54, 1.807) is 35.2 Å². The van der Waals surface area contributed by atoms with Crippen LogP contribution in [0.5, 0.6) is 0 Å². The Kier molecular flexibility index (Phi) is 6.11. The molecule has 1 N–H and O–H groups in total. The van der Waals surface area contributed by atoms with E-state index in [2.05, 4.69) is 5.32 Å². The number of benzene rings is 2. The molecule has 7 nitrogen and oxygen atoms in total. The van der Waals surface area contributed by atoms with Gasteiger partial charge in [-0.25, -0.2) is 8.42 Å². The molecule has 2 aliphatic rings. The van der Waals surface area contributed by atoms with Crippen molar-refractivity contribution in [2.24, 2.45) is 5.92 Å². The summed E-state index contributed by atoms with van der Waals surface area (Å²) < 4.78 is 27.3. The van der Waals surface area contributed by atoms with Crippen LogP contribution in [0.4, 0.5) is 11.4 Å². The van der Waals surface area contributed by atoms with Gasteiger partial charge in [0, 0.05) is 37.4 Å². The smallest absolute Gasteiger partial charge is 0.243 e.